The van der Waals surface area contributed by atoms with Crippen LogP contribution in [0.4, 0.5) is 0 Å². The summed E-state index contributed by atoms with van der Waals surface area (Å²) < 4.78 is 6.70. The zero-order chi connectivity index (χ0) is 11.9. The molecule has 0 spiro atoms. The highest BCUT2D eigenvalue weighted by Gasteiger charge is 2.16. The number of carbonyl (C=O) groups is 1. The molecular formula is C12H11IO3. The minimum absolute atomic E-state index is 0.293. The first kappa shape index (κ1) is 11.4. The average Bonchev–Trinajstić information content (AvgIpc) is 2.56. The van der Waals surface area contributed by atoms with Crippen molar-refractivity contribution in [3.63, 3.8) is 0 Å². The molecule has 0 amide bonds. The molecule has 4 heteroatoms. The largest absolute Gasteiger partial charge is 0.478 e. The minimum Gasteiger partial charge on any atom is -0.478 e. The Kier molecular flexibility index (Phi) is 2.92. The minimum atomic E-state index is -0.912. The van der Waals surface area contributed by atoms with Crippen LogP contribution in [0.3, 0.4) is 0 Å². The molecule has 0 radical (unpaired) electrons. The number of carboxylic acids is 1. The summed E-state index contributed by atoms with van der Waals surface area (Å²) in [5, 5.41) is 9.80. The highest BCUT2D eigenvalue weighted by atomic mass is 127. The zero-order valence-electron chi connectivity index (χ0n) is 8.95. The van der Waals surface area contributed by atoms with E-state index in [1.54, 1.807) is 18.2 Å². The van der Waals surface area contributed by atoms with Gasteiger partial charge in [0.05, 0.1) is 9.13 Å². The van der Waals surface area contributed by atoms with E-state index >= 15 is 0 Å². The van der Waals surface area contributed by atoms with Crippen molar-refractivity contribution >= 4 is 39.5 Å². The van der Waals surface area contributed by atoms with E-state index in [1.807, 2.05) is 0 Å². The number of rotatable bonds is 2. The van der Waals surface area contributed by atoms with Gasteiger partial charge in [-0.1, -0.05) is 13.8 Å². The van der Waals surface area contributed by atoms with Gasteiger partial charge in [-0.05, 0) is 40.8 Å². The molecule has 16 heavy (non-hydrogen) atoms. The van der Waals surface area contributed by atoms with Crippen LogP contribution in [0.1, 0.15) is 35.9 Å². The van der Waals surface area contributed by atoms with Crippen molar-refractivity contribution in [3.8, 4) is 0 Å². The van der Waals surface area contributed by atoms with Crippen LogP contribution in [-0.2, 0) is 0 Å². The molecular weight excluding hydrogens is 319 g/mol. The third kappa shape index (κ3) is 1.81. The molecule has 3 nitrogen and oxygen atoms in total. The molecule has 0 saturated carbocycles. The summed E-state index contributed by atoms with van der Waals surface area (Å²) in [4.78, 5) is 10.9. The molecule has 0 unspecified atom stereocenters. The first-order valence-electron chi connectivity index (χ1n) is 4.96. The molecule has 1 N–H and O–H groups in total. The molecule has 1 heterocycles. The predicted octanol–water partition coefficient (Wildman–Crippen LogP) is 3.86. The Balaban J connectivity index is 2.69. The number of benzene rings is 1. The van der Waals surface area contributed by atoms with Gasteiger partial charge in [0.15, 0.2) is 0 Å². The van der Waals surface area contributed by atoms with E-state index in [0.29, 0.717) is 11.5 Å². The molecule has 0 atom stereocenters. The molecule has 0 saturated heterocycles. The average molecular weight is 330 g/mol. The Labute approximate surface area is 107 Å². The lowest BCUT2D eigenvalue weighted by Crippen LogP contribution is -1.94. The van der Waals surface area contributed by atoms with Gasteiger partial charge >= 0.3 is 5.97 Å². The van der Waals surface area contributed by atoms with Gasteiger partial charge in [-0.25, -0.2) is 4.79 Å². The molecule has 1 aromatic heterocycles. The smallest absolute Gasteiger partial charge is 0.335 e. The Morgan fingerprint density at radius 1 is 1.44 bits per heavy atom. The van der Waals surface area contributed by atoms with Crippen molar-refractivity contribution in [1.29, 1.82) is 0 Å². The monoisotopic (exact) mass is 330 g/mol. The Bertz CT molecular complexity index is 555. The van der Waals surface area contributed by atoms with E-state index in [0.717, 1.165) is 20.3 Å². The van der Waals surface area contributed by atoms with Crippen molar-refractivity contribution in [1.82, 2.24) is 0 Å². The summed E-state index contributed by atoms with van der Waals surface area (Å²) in [7, 11) is 0. The standard InChI is InChI=1S/C12H11IO3/c1-6(2)11-10(13)8-5-7(12(14)15)3-4-9(8)16-11/h3-6H,1-2H3,(H,14,15). The zero-order valence-corrected chi connectivity index (χ0v) is 11.1. The van der Waals surface area contributed by atoms with E-state index in [-0.39, 0.29) is 0 Å². The van der Waals surface area contributed by atoms with Crippen LogP contribution in [0.15, 0.2) is 22.6 Å². The number of halogens is 1. The Morgan fingerprint density at radius 3 is 2.69 bits per heavy atom. The maximum absolute atomic E-state index is 10.9. The molecule has 0 aliphatic rings. The topological polar surface area (TPSA) is 50.4 Å². The maximum atomic E-state index is 10.9. The summed E-state index contributed by atoms with van der Waals surface area (Å²) in [6.07, 6.45) is 0. The van der Waals surface area contributed by atoms with E-state index in [4.69, 9.17) is 9.52 Å². The van der Waals surface area contributed by atoms with Crippen LogP contribution in [-0.4, -0.2) is 11.1 Å². The van der Waals surface area contributed by atoms with Crippen molar-refractivity contribution in [2.24, 2.45) is 0 Å². The first-order valence-corrected chi connectivity index (χ1v) is 6.04. The summed E-state index contributed by atoms with van der Waals surface area (Å²) in [6.45, 7) is 4.11. The van der Waals surface area contributed by atoms with E-state index in [9.17, 15) is 4.79 Å². The number of hydrogen-bond acceptors (Lipinski definition) is 2. The molecule has 0 bridgehead atoms. The van der Waals surface area contributed by atoms with Crippen LogP contribution in [0.25, 0.3) is 11.0 Å². The number of aromatic carboxylic acids is 1. The Morgan fingerprint density at radius 2 is 2.12 bits per heavy atom. The second-order valence-electron chi connectivity index (χ2n) is 3.95. The quantitative estimate of drug-likeness (QED) is 0.851. The lowest BCUT2D eigenvalue weighted by Gasteiger charge is -1.98. The number of carboxylic acid groups (broad SMARTS) is 1. The molecule has 0 aliphatic carbocycles. The lowest BCUT2D eigenvalue weighted by molar-refractivity contribution is 0.0697. The third-order valence-electron chi connectivity index (χ3n) is 2.42. The second kappa shape index (κ2) is 4.08. The molecule has 2 rings (SSSR count). The normalized spacial score (nSPS) is 11.2. The van der Waals surface area contributed by atoms with Crippen molar-refractivity contribution in [2.45, 2.75) is 19.8 Å². The van der Waals surface area contributed by atoms with E-state index in [1.165, 1.54) is 0 Å². The molecule has 84 valence electrons. The van der Waals surface area contributed by atoms with Crippen LogP contribution >= 0.6 is 22.6 Å². The van der Waals surface area contributed by atoms with Crippen molar-refractivity contribution < 1.29 is 14.3 Å². The lowest BCUT2D eigenvalue weighted by atomic mass is 10.1. The molecule has 0 fully saturated rings. The Hall–Kier alpha value is -1.04. The summed E-state index contributed by atoms with van der Waals surface area (Å²) >= 11 is 2.20. The van der Waals surface area contributed by atoms with Gasteiger partial charge in [-0.3, -0.25) is 0 Å². The molecule has 2 aromatic rings. The van der Waals surface area contributed by atoms with Gasteiger partial charge in [0, 0.05) is 11.3 Å². The summed E-state index contributed by atoms with van der Waals surface area (Å²) in [5.74, 6) is 0.302. The number of furan rings is 1. The summed E-state index contributed by atoms with van der Waals surface area (Å²) in [5.41, 5.74) is 1.04. The summed E-state index contributed by atoms with van der Waals surface area (Å²) in [6, 6.07) is 4.94. The van der Waals surface area contributed by atoms with Crippen molar-refractivity contribution in [3.05, 3.63) is 33.1 Å². The van der Waals surface area contributed by atoms with Gasteiger partial charge in [-0.15, -0.1) is 0 Å². The fourth-order valence-electron chi connectivity index (χ4n) is 1.59. The van der Waals surface area contributed by atoms with Gasteiger partial charge in [0.2, 0.25) is 0 Å². The fraction of sp³-hybridized carbons (Fsp3) is 0.250. The maximum Gasteiger partial charge on any atom is 0.335 e. The number of hydrogen-bond donors (Lipinski definition) is 1. The number of fused-ring (bicyclic) bond motifs is 1. The SMILES string of the molecule is CC(C)c1oc2ccc(C(=O)O)cc2c1I. The highest BCUT2D eigenvalue weighted by molar-refractivity contribution is 14.1. The van der Waals surface area contributed by atoms with Crippen LogP contribution in [0.2, 0.25) is 0 Å². The second-order valence-corrected chi connectivity index (χ2v) is 5.03. The first-order chi connectivity index (χ1) is 7.50. The van der Waals surface area contributed by atoms with Crippen LogP contribution in [0, 0.1) is 3.57 Å². The van der Waals surface area contributed by atoms with Gasteiger partial charge in [0.1, 0.15) is 11.3 Å². The molecule has 0 aliphatic heterocycles. The van der Waals surface area contributed by atoms with Crippen LogP contribution < -0.4 is 0 Å². The fourth-order valence-corrected chi connectivity index (χ4v) is 2.75. The highest BCUT2D eigenvalue weighted by Crippen LogP contribution is 2.32. The third-order valence-corrected chi connectivity index (χ3v) is 3.54. The van der Waals surface area contributed by atoms with Gasteiger partial charge < -0.3 is 9.52 Å². The predicted molar refractivity (Wildman–Crippen MR) is 70.0 cm³/mol. The van der Waals surface area contributed by atoms with E-state index < -0.39 is 5.97 Å². The van der Waals surface area contributed by atoms with Gasteiger partial charge in [-0.2, -0.15) is 0 Å². The van der Waals surface area contributed by atoms with Gasteiger partial charge in [0.25, 0.3) is 0 Å². The van der Waals surface area contributed by atoms with Crippen LogP contribution in [0.5, 0.6) is 0 Å². The van der Waals surface area contributed by atoms with Crippen molar-refractivity contribution in [2.75, 3.05) is 0 Å². The van der Waals surface area contributed by atoms with E-state index in [2.05, 4.69) is 36.4 Å². The molecule has 1 aromatic carbocycles.